The average molecular weight is 341 g/mol. The third kappa shape index (κ3) is 11.8. The molecule has 0 radical (unpaired) electrons. The van der Waals surface area contributed by atoms with Crippen LogP contribution in [0.5, 0.6) is 0 Å². The van der Waals surface area contributed by atoms with Crippen LogP contribution in [0.4, 0.5) is 0 Å². The molecule has 25 heavy (non-hydrogen) atoms. The lowest BCUT2D eigenvalue weighted by molar-refractivity contribution is 0.604. The molecule has 1 atom stereocenters. The maximum Gasteiger partial charge on any atom is 0.00210 e. The van der Waals surface area contributed by atoms with E-state index in [0.29, 0.717) is 5.92 Å². The Morgan fingerprint density at radius 1 is 0.720 bits per heavy atom. The minimum absolute atomic E-state index is 0.566. The quantitative estimate of drug-likeness (QED) is 0.221. The Labute approximate surface area is 157 Å². The summed E-state index contributed by atoms with van der Waals surface area (Å²) in [6.07, 6.45) is 25.4. The zero-order valence-corrected chi connectivity index (χ0v) is 16.8. The lowest BCUT2D eigenvalue weighted by Crippen LogP contribution is -1.95. The third-order valence-electron chi connectivity index (χ3n) is 4.91. The second-order valence-electron chi connectivity index (χ2n) is 7.24. The van der Waals surface area contributed by atoms with Crippen LogP contribution in [-0.2, 0) is 0 Å². The van der Waals surface area contributed by atoms with E-state index < -0.39 is 0 Å². The van der Waals surface area contributed by atoms with Crippen molar-refractivity contribution in [2.45, 2.75) is 96.8 Å². The molecule has 0 amide bonds. The summed E-state index contributed by atoms with van der Waals surface area (Å²) in [6, 6.07) is 11.0. The normalized spacial score (nSPS) is 13.0. The van der Waals surface area contributed by atoms with Gasteiger partial charge in [0, 0.05) is 5.92 Å². The Balaban J connectivity index is 2.32. The summed E-state index contributed by atoms with van der Waals surface area (Å²) in [5.74, 6) is 0.566. The fraction of sp³-hybridized carbons (Fsp3) is 0.600. The molecule has 0 spiro atoms. The molecule has 0 bridgehead atoms. The zero-order chi connectivity index (χ0) is 18.0. The second kappa shape index (κ2) is 16.2. The topological polar surface area (TPSA) is 0 Å². The molecule has 0 N–H and O–H groups in total. The molecule has 1 rings (SSSR count). The summed E-state index contributed by atoms with van der Waals surface area (Å²) in [7, 11) is 0. The van der Waals surface area contributed by atoms with Crippen LogP contribution < -0.4 is 0 Å². The van der Waals surface area contributed by atoms with Crippen molar-refractivity contribution >= 4 is 0 Å². The van der Waals surface area contributed by atoms with E-state index in [4.69, 9.17) is 0 Å². The standard InChI is InChI=1S/C25H40/c1-3-5-7-9-10-11-12-13-14-17-21-24(20-16-8-6-4-2)25-22-18-15-19-23-25/h13-15,17-19,21-24H,3-12,16,20H2,1-2H3/b14-13+,21-17-/t24-/m1/s1. The first-order valence-corrected chi connectivity index (χ1v) is 10.8. The van der Waals surface area contributed by atoms with Gasteiger partial charge in [-0.2, -0.15) is 0 Å². The van der Waals surface area contributed by atoms with Gasteiger partial charge in [0.2, 0.25) is 0 Å². The van der Waals surface area contributed by atoms with E-state index in [2.05, 4.69) is 68.5 Å². The number of allylic oxidation sites excluding steroid dienone is 4. The first-order valence-electron chi connectivity index (χ1n) is 10.8. The Kier molecular flexibility index (Phi) is 14.1. The smallest absolute Gasteiger partial charge is 0.00210 e. The monoisotopic (exact) mass is 340 g/mol. The van der Waals surface area contributed by atoms with E-state index in [9.17, 15) is 0 Å². The Hall–Kier alpha value is -1.30. The third-order valence-corrected chi connectivity index (χ3v) is 4.91. The van der Waals surface area contributed by atoms with Crippen LogP contribution in [0.25, 0.3) is 0 Å². The maximum atomic E-state index is 2.40. The van der Waals surface area contributed by atoms with Crippen molar-refractivity contribution in [3.63, 3.8) is 0 Å². The fourth-order valence-electron chi connectivity index (χ4n) is 3.28. The molecule has 1 aromatic carbocycles. The van der Waals surface area contributed by atoms with E-state index in [-0.39, 0.29) is 0 Å². The van der Waals surface area contributed by atoms with E-state index in [1.165, 1.54) is 82.6 Å². The molecule has 0 unspecified atom stereocenters. The molecule has 0 fully saturated rings. The Morgan fingerprint density at radius 3 is 2.08 bits per heavy atom. The first-order chi connectivity index (χ1) is 12.4. The largest absolute Gasteiger partial charge is 0.0845 e. The molecule has 0 nitrogen and oxygen atoms in total. The van der Waals surface area contributed by atoms with Crippen molar-refractivity contribution in [2.24, 2.45) is 0 Å². The molecule has 1 aromatic rings. The highest BCUT2D eigenvalue weighted by Crippen LogP contribution is 2.24. The second-order valence-corrected chi connectivity index (χ2v) is 7.24. The highest BCUT2D eigenvalue weighted by atomic mass is 14.1. The van der Waals surface area contributed by atoms with Gasteiger partial charge in [-0.3, -0.25) is 0 Å². The average Bonchev–Trinajstić information content (AvgIpc) is 2.65. The number of hydrogen-bond donors (Lipinski definition) is 0. The highest BCUT2D eigenvalue weighted by Gasteiger charge is 2.06. The van der Waals surface area contributed by atoms with Crippen LogP contribution in [0, 0.1) is 0 Å². The van der Waals surface area contributed by atoms with Crippen LogP contribution in [0.2, 0.25) is 0 Å². The van der Waals surface area contributed by atoms with Gasteiger partial charge in [-0.15, -0.1) is 0 Å². The van der Waals surface area contributed by atoms with E-state index >= 15 is 0 Å². The van der Waals surface area contributed by atoms with Crippen LogP contribution in [0.1, 0.15) is 102 Å². The summed E-state index contributed by atoms with van der Waals surface area (Å²) >= 11 is 0. The molecule has 0 heterocycles. The van der Waals surface area contributed by atoms with Gasteiger partial charge in [0.1, 0.15) is 0 Å². The Morgan fingerprint density at radius 2 is 1.36 bits per heavy atom. The number of benzene rings is 1. The van der Waals surface area contributed by atoms with E-state index in [1.54, 1.807) is 0 Å². The first kappa shape index (κ1) is 21.7. The number of hydrogen-bond acceptors (Lipinski definition) is 0. The summed E-state index contributed by atoms with van der Waals surface area (Å²) < 4.78 is 0. The van der Waals surface area contributed by atoms with Crippen LogP contribution in [0.3, 0.4) is 0 Å². The van der Waals surface area contributed by atoms with Crippen LogP contribution in [-0.4, -0.2) is 0 Å². The summed E-state index contributed by atoms with van der Waals surface area (Å²) in [6.45, 7) is 4.56. The molecule has 140 valence electrons. The Bertz CT molecular complexity index is 440. The lowest BCUT2D eigenvalue weighted by atomic mass is 9.92. The van der Waals surface area contributed by atoms with Crippen molar-refractivity contribution in [3.8, 4) is 0 Å². The summed E-state index contributed by atoms with van der Waals surface area (Å²) in [5.41, 5.74) is 1.46. The van der Waals surface area contributed by atoms with Gasteiger partial charge in [-0.05, 0) is 24.8 Å². The fourth-order valence-corrected chi connectivity index (χ4v) is 3.28. The maximum absolute atomic E-state index is 2.40. The highest BCUT2D eigenvalue weighted by molar-refractivity contribution is 5.24. The van der Waals surface area contributed by atoms with Gasteiger partial charge in [-0.1, -0.05) is 126 Å². The molecular weight excluding hydrogens is 300 g/mol. The minimum Gasteiger partial charge on any atom is -0.0845 e. The zero-order valence-electron chi connectivity index (χ0n) is 16.8. The van der Waals surface area contributed by atoms with Gasteiger partial charge < -0.3 is 0 Å². The predicted octanol–water partition coefficient (Wildman–Crippen LogP) is 8.60. The van der Waals surface area contributed by atoms with Gasteiger partial charge in [0.05, 0.1) is 0 Å². The SMILES string of the molecule is CCCCCCCC/C=C/C=C\[C@@H](CCCCCC)c1ccccc1. The number of rotatable bonds is 15. The van der Waals surface area contributed by atoms with Gasteiger partial charge in [0.25, 0.3) is 0 Å². The molecule has 0 saturated heterocycles. The summed E-state index contributed by atoms with van der Waals surface area (Å²) in [4.78, 5) is 0. The molecule has 0 saturated carbocycles. The minimum atomic E-state index is 0.566. The van der Waals surface area contributed by atoms with Gasteiger partial charge >= 0.3 is 0 Å². The van der Waals surface area contributed by atoms with Gasteiger partial charge in [0.15, 0.2) is 0 Å². The van der Waals surface area contributed by atoms with Crippen molar-refractivity contribution in [3.05, 3.63) is 60.2 Å². The van der Waals surface area contributed by atoms with E-state index in [1.807, 2.05) is 0 Å². The lowest BCUT2D eigenvalue weighted by Gasteiger charge is -2.13. The van der Waals surface area contributed by atoms with Gasteiger partial charge in [-0.25, -0.2) is 0 Å². The van der Waals surface area contributed by atoms with Crippen molar-refractivity contribution in [2.75, 3.05) is 0 Å². The van der Waals surface area contributed by atoms with Crippen LogP contribution >= 0.6 is 0 Å². The van der Waals surface area contributed by atoms with Crippen molar-refractivity contribution in [1.82, 2.24) is 0 Å². The molecule has 0 aliphatic carbocycles. The summed E-state index contributed by atoms with van der Waals surface area (Å²) in [5, 5.41) is 0. The van der Waals surface area contributed by atoms with Crippen LogP contribution in [0.15, 0.2) is 54.6 Å². The molecule has 0 aliphatic rings. The van der Waals surface area contributed by atoms with Crippen molar-refractivity contribution < 1.29 is 0 Å². The van der Waals surface area contributed by atoms with E-state index in [0.717, 1.165) is 0 Å². The van der Waals surface area contributed by atoms with Crippen molar-refractivity contribution in [1.29, 1.82) is 0 Å². The molecule has 0 aromatic heterocycles. The molecule has 0 heteroatoms. The predicted molar refractivity (Wildman–Crippen MR) is 114 cm³/mol. The molecular formula is C25H40. The number of unbranched alkanes of at least 4 members (excludes halogenated alkanes) is 9. The molecule has 0 aliphatic heterocycles.